The maximum Gasteiger partial charge on any atom is 0.320 e. The summed E-state index contributed by atoms with van der Waals surface area (Å²) in [4.78, 5) is 10.3. The molecule has 0 fully saturated rings. The Morgan fingerprint density at radius 2 is 1.94 bits per heavy atom. The third-order valence-electron chi connectivity index (χ3n) is 2.06. The molecule has 1 atom stereocenters. The third-order valence-corrected chi connectivity index (χ3v) is 3.30. The topological polar surface area (TPSA) is 109 Å². The average molecular weight is 258 g/mol. The summed E-state index contributed by atoms with van der Waals surface area (Å²) in [7, 11) is -3.81. The van der Waals surface area contributed by atoms with Crippen molar-refractivity contribution in [1.82, 2.24) is 4.72 Å². The van der Waals surface area contributed by atoms with E-state index in [4.69, 9.17) is 10.8 Å². The minimum Gasteiger partial charge on any atom is -0.480 e. The molecule has 1 aromatic carbocycles. The van der Waals surface area contributed by atoms with Gasteiger partial charge < -0.3 is 10.8 Å². The number of sulfonamides is 1. The average Bonchev–Trinajstić information content (AvgIpc) is 2.25. The molecule has 1 unspecified atom stereocenters. The Hall–Kier alpha value is -1.44. The zero-order chi connectivity index (χ0) is 12.9. The fraction of sp³-hybridized carbons (Fsp3) is 0.300. The van der Waals surface area contributed by atoms with Crippen molar-refractivity contribution in [2.24, 2.45) is 5.73 Å². The lowest BCUT2D eigenvalue weighted by molar-refractivity contribution is -0.134. The van der Waals surface area contributed by atoms with Gasteiger partial charge in [0, 0.05) is 12.6 Å². The van der Waals surface area contributed by atoms with E-state index in [1.54, 1.807) is 24.3 Å². The minimum absolute atomic E-state index is 0.0281. The van der Waals surface area contributed by atoms with Gasteiger partial charge in [0.2, 0.25) is 10.0 Å². The Labute approximate surface area is 99.5 Å². The first-order chi connectivity index (χ1) is 7.91. The first-order valence-corrected chi connectivity index (χ1v) is 6.55. The van der Waals surface area contributed by atoms with Crippen LogP contribution in [0.1, 0.15) is 11.6 Å². The number of carbonyl (C=O) groups is 1. The van der Waals surface area contributed by atoms with Gasteiger partial charge in [-0.1, -0.05) is 30.3 Å². The predicted molar refractivity (Wildman–Crippen MR) is 62.8 cm³/mol. The molecule has 0 saturated carbocycles. The van der Waals surface area contributed by atoms with Gasteiger partial charge in [-0.05, 0) is 5.56 Å². The van der Waals surface area contributed by atoms with Gasteiger partial charge in [-0.2, -0.15) is 0 Å². The minimum atomic E-state index is -3.81. The van der Waals surface area contributed by atoms with E-state index in [-0.39, 0.29) is 6.54 Å². The molecule has 7 heteroatoms. The van der Waals surface area contributed by atoms with Crippen LogP contribution in [0.5, 0.6) is 0 Å². The predicted octanol–water partition coefficient (Wildman–Crippen LogP) is -0.310. The molecule has 17 heavy (non-hydrogen) atoms. The summed E-state index contributed by atoms with van der Waals surface area (Å²) < 4.78 is 24.6. The summed E-state index contributed by atoms with van der Waals surface area (Å²) in [6.45, 7) is -0.0281. The number of hydrogen-bond donors (Lipinski definition) is 3. The Balaban J connectivity index is 2.54. The number of nitrogens with two attached hydrogens (primary N) is 1. The third kappa shape index (κ3) is 4.94. The number of carboxylic acids is 1. The van der Waals surface area contributed by atoms with Crippen LogP contribution >= 0.6 is 0 Å². The normalized spacial score (nSPS) is 13.2. The number of carboxylic acid groups (broad SMARTS) is 1. The zero-order valence-corrected chi connectivity index (χ0v) is 9.85. The van der Waals surface area contributed by atoms with E-state index >= 15 is 0 Å². The van der Waals surface area contributed by atoms with Gasteiger partial charge in [-0.25, -0.2) is 13.1 Å². The van der Waals surface area contributed by atoms with Gasteiger partial charge in [0.05, 0.1) is 0 Å². The van der Waals surface area contributed by atoms with Crippen LogP contribution in [0.2, 0.25) is 0 Å². The molecule has 0 aliphatic carbocycles. The van der Waals surface area contributed by atoms with Crippen LogP contribution < -0.4 is 10.5 Å². The van der Waals surface area contributed by atoms with Crippen molar-refractivity contribution in [3.05, 3.63) is 35.9 Å². The summed E-state index contributed by atoms with van der Waals surface area (Å²) in [6, 6.07) is 8.46. The molecule has 0 aliphatic heterocycles. The summed E-state index contributed by atoms with van der Waals surface area (Å²) >= 11 is 0. The van der Waals surface area contributed by atoms with Crippen molar-refractivity contribution in [3.63, 3.8) is 0 Å². The van der Waals surface area contributed by atoms with E-state index in [1.165, 1.54) is 0 Å². The summed E-state index contributed by atoms with van der Waals surface area (Å²) in [5.74, 6) is -2.35. The number of rotatable bonds is 6. The maximum atomic E-state index is 11.2. The highest BCUT2D eigenvalue weighted by Gasteiger charge is 2.16. The molecule has 0 aromatic heterocycles. The highest BCUT2D eigenvalue weighted by atomic mass is 32.2. The van der Waals surface area contributed by atoms with Gasteiger partial charge in [0.15, 0.2) is 5.75 Å². The highest BCUT2D eigenvalue weighted by molar-refractivity contribution is 7.90. The molecule has 0 heterocycles. The second-order valence-electron chi connectivity index (χ2n) is 3.52. The number of aliphatic carboxylic acids is 1. The molecule has 1 aromatic rings. The lowest BCUT2D eigenvalue weighted by atomic mass is 10.1. The van der Waals surface area contributed by atoms with E-state index in [9.17, 15) is 13.2 Å². The van der Waals surface area contributed by atoms with Crippen molar-refractivity contribution in [2.45, 2.75) is 6.04 Å². The lowest BCUT2D eigenvalue weighted by Gasteiger charge is -2.12. The van der Waals surface area contributed by atoms with Crippen LogP contribution in [-0.4, -0.2) is 31.8 Å². The standard InChI is InChI=1S/C10H14N2O4S/c11-9(8-4-2-1-3-5-8)6-12-17(15,16)7-10(13)14/h1-5,9,12H,6-7,11H2,(H,13,14). The fourth-order valence-electron chi connectivity index (χ4n) is 1.25. The molecule has 0 radical (unpaired) electrons. The van der Waals surface area contributed by atoms with Crippen molar-refractivity contribution >= 4 is 16.0 Å². The molecule has 0 spiro atoms. The van der Waals surface area contributed by atoms with E-state index in [0.29, 0.717) is 0 Å². The summed E-state index contributed by atoms with van der Waals surface area (Å²) in [6.07, 6.45) is 0. The van der Waals surface area contributed by atoms with Crippen LogP contribution in [0, 0.1) is 0 Å². The zero-order valence-electron chi connectivity index (χ0n) is 9.04. The van der Waals surface area contributed by atoms with Crippen LogP contribution in [-0.2, 0) is 14.8 Å². The van der Waals surface area contributed by atoms with Crippen LogP contribution in [0.25, 0.3) is 0 Å². The second-order valence-corrected chi connectivity index (χ2v) is 5.33. The maximum absolute atomic E-state index is 11.2. The second kappa shape index (κ2) is 5.76. The Morgan fingerprint density at radius 3 is 2.47 bits per heavy atom. The molecule has 0 saturated heterocycles. The smallest absolute Gasteiger partial charge is 0.320 e. The van der Waals surface area contributed by atoms with Crippen LogP contribution in [0.4, 0.5) is 0 Å². The van der Waals surface area contributed by atoms with E-state index < -0.39 is 27.8 Å². The Kier molecular flexibility index (Phi) is 4.62. The van der Waals surface area contributed by atoms with Gasteiger partial charge in [-0.3, -0.25) is 4.79 Å². The van der Waals surface area contributed by atoms with Crippen molar-refractivity contribution < 1.29 is 18.3 Å². The van der Waals surface area contributed by atoms with E-state index in [2.05, 4.69) is 4.72 Å². The number of hydrogen-bond acceptors (Lipinski definition) is 4. The quantitative estimate of drug-likeness (QED) is 0.648. The van der Waals surface area contributed by atoms with Gasteiger partial charge in [-0.15, -0.1) is 0 Å². The van der Waals surface area contributed by atoms with E-state index in [0.717, 1.165) is 5.56 Å². The number of nitrogens with one attached hydrogen (secondary N) is 1. The SMILES string of the molecule is NC(CNS(=O)(=O)CC(=O)O)c1ccccc1. The Morgan fingerprint density at radius 1 is 1.35 bits per heavy atom. The van der Waals surface area contributed by atoms with Crippen LogP contribution in [0.3, 0.4) is 0 Å². The van der Waals surface area contributed by atoms with Gasteiger partial charge in [0.25, 0.3) is 0 Å². The fourth-order valence-corrected chi connectivity index (χ4v) is 2.11. The van der Waals surface area contributed by atoms with Crippen LogP contribution in [0.15, 0.2) is 30.3 Å². The Bertz CT molecular complexity index is 472. The number of benzene rings is 1. The summed E-state index contributed by atoms with van der Waals surface area (Å²) in [5.41, 5.74) is 6.54. The van der Waals surface area contributed by atoms with Crippen molar-refractivity contribution in [3.8, 4) is 0 Å². The molecule has 1 rings (SSSR count). The lowest BCUT2D eigenvalue weighted by Crippen LogP contribution is -2.35. The van der Waals surface area contributed by atoms with Gasteiger partial charge >= 0.3 is 5.97 Å². The van der Waals surface area contributed by atoms with Gasteiger partial charge in [0.1, 0.15) is 0 Å². The summed E-state index contributed by atoms with van der Waals surface area (Å²) in [5, 5.41) is 8.38. The monoisotopic (exact) mass is 258 g/mol. The molecule has 4 N–H and O–H groups in total. The van der Waals surface area contributed by atoms with Crippen molar-refractivity contribution in [2.75, 3.05) is 12.3 Å². The first kappa shape index (κ1) is 13.6. The molecule has 6 nitrogen and oxygen atoms in total. The first-order valence-electron chi connectivity index (χ1n) is 4.90. The molecular weight excluding hydrogens is 244 g/mol. The van der Waals surface area contributed by atoms with E-state index in [1.807, 2.05) is 6.07 Å². The largest absolute Gasteiger partial charge is 0.480 e. The highest BCUT2D eigenvalue weighted by Crippen LogP contribution is 2.08. The molecule has 0 aliphatic rings. The molecule has 0 amide bonds. The molecule has 0 bridgehead atoms. The van der Waals surface area contributed by atoms with Crippen molar-refractivity contribution in [1.29, 1.82) is 0 Å². The molecule has 94 valence electrons. The molecular formula is C10H14N2O4S.